The maximum absolute atomic E-state index is 14.2. The maximum Gasteiger partial charge on any atom is 0.227 e. The van der Waals surface area contributed by atoms with Crippen LogP contribution in [0.4, 0.5) is 4.39 Å². The van der Waals surface area contributed by atoms with Crippen LogP contribution in [0.5, 0.6) is 0 Å². The lowest BCUT2D eigenvalue weighted by atomic mass is 9.96. The first-order valence-corrected chi connectivity index (χ1v) is 10.9. The number of hydrogen-bond acceptors (Lipinski definition) is 2. The summed E-state index contributed by atoms with van der Waals surface area (Å²) in [5.41, 5.74) is 8.50. The first-order chi connectivity index (χ1) is 15.3. The summed E-state index contributed by atoms with van der Waals surface area (Å²) in [6, 6.07) is 17.9. The zero-order chi connectivity index (χ0) is 22.6. The van der Waals surface area contributed by atoms with E-state index in [9.17, 15) is 4.39 Å². The van der Waals surface area contributed by atoms with Gasteiger partial charge in [0.05, 0.1) is 5.56 Å². The third-order valence-electron chi connectivity index (χ3n) is 6.20. The number of hydrogen-bond donors (Lipinski definition) is 0. The summed E-state index contributed by atoms with van der Waals surface area (Å²) < 4.78 is 22.6. The van der Waals surface area contributed by atoms with E-state index in [1.165, 1.54) is 0 Å². The molecule has 0 radical (unpaired) electrons. The summed E-state index contributed by atoms with van der Waals surface area (Å²) >= 11 is 0. The standard InChI is InChI=1S/C28H26FN2O/c1-16(2)23-14-19(8-12-24(23)29)20-9-13-25(31(5)15-20)26-17(3)6-10-21-22-11-7-18(4)30-28(22)32-27(21)26/h6-16H,1-5H3/q+1. The zero-order valence-electron chi connectivity index (χ0n) is 19.0. The molecule has 0 aliphatic rings. The number of halogens is 1. The molecule has 0 saturated heterocycles. The van der Waals surface area contributed by atoms with Gasteiger partial charge in [-0.05, 0) is 66.8 Å². The fraction of sp³-hybridized carbons (Fsp3) is 0.214. The van der Waals surface area contributed by atoms with E-state index in [0.717, 1.165) is 55.6 Å². The number of nitrogens with zero attached hydrogens (tertiary/aromatic N) is 2. The quantitative estimate of drug-likeness (QED) is 0.291. The normalized spacial score (nSPS) is 11.7. The Morgan fingerprint density at radius 1 is 0.906 bits per heavy atom. The van der Waals surface area contributed by atoms with E-state index in [1.54, 1.807) is 6.07 Å². The lowest BCUT2D eigenvalue weighted by Gasteiger charge is -2.10. The van der Waals surface area contributed by atoms with E-state index in [-0.39, 0.29) is 11.7 Å². The topological polar surface area (TPSA) is 29.9 Å². The number of aromatic nitrogens is 2. The van der Waals surface area contributed by atoms with E-state index >= 15 is 0 Å². The van der Waals surface area contributed by atoms with E-state index < -0.39 is 0 Å². The molecule has 0 aliphatic heterocycles. The van der Waals surface area contributed by atoms with Gasteiger partial charge in [-0.25, -0.2) is 13.9 Å². The van der Waals surface area contributed by atoms with Gasteiger partial charge in [0.2, 0.25) is 11.4 Å². The van der Waals surface area contributed by atoms with Gasteiger partial charge in [0.1, 0.15) is 12.9 Å². The van der Waals surface area contributed by atoms with Crippen LogP contribution in [-0.4, -0.2) is 4.98 Å². The third-order valence-corrected chi connectivity index (χ3v) is 6.20. The van der Waals surface area contributed by atoms with E-state index in [4.69, 9.17) is 4.42 Å². The number of rotatable bonds is 3. The Kier molecular flexibility index (Phi) is 4.81. The van der Waals surface area contributed by atoms with Crippen molar-refractivity contribution in [2.45, 2.75) is 33.6 Å². The van der Waals surface area contributed by atoms with Crippen molar-refractivity contribution >= 4 is 22.1 Å². The lowest BCUT2D eigenvalue weighted by molar-refractivity contribution is -0.659. The fourth-order valence-corrected chi connectivity index (χ4v) is 4.43. The molecule has 0 atom stereocenters. The van der Waals surface area contributed by atoms with Gasteiger partial charge in [-0.2, -0.15) is 0 Å². The van der Waals surface area contributed by atoms with Gasteiger partial charge in [0.15, 0.2) is 11.8 Å². The Hall–Kier alpha value is -3.53. The van der Waals surface area contributed by atoms with Gasteiger partial charge in [-0.1, -0.05) is 32.0 Å². The van der Waals surface area contributed by atoms with Crippen LogP contribution < -0.4 is 4.57 Å². The molecule has 0 aliphatic carbocycles. The van der Waals surface area contributed by atoms with Crippen molar-refractivity contribution in [1.82, 2.24) is 4.98 Å². The largest absolute Gasteiger partial charge is 0.437 e. The minimum absolute atomic E-state index is 0.133. The van der Waals surface area contributed by atoms with E-state index in [0.29, 0.717) is 5.71 Å². The lowest BCUT2D eigenvalue weighted by Crippen LogP contribution is -2.31. The van der Waals surface area contributed by atoms with Crippen LogP contribution in [0.25, 0.3) is 44.5 Å². The fourth-order valence-electron chi connectivity index (χ4n) is 4.43. The van der Waals surface area contributed by atoms with Crippen molar-refractivity contribution in [3.8, 4) is 22.4 Å². The number of pyridine rings is 2. The molecule has 0 unspecified atom stereocenters. The summed E-state index contributed by atoms with van der Waals surface area (Å²) in [6.45, 7) is 8.10. The summed E-state index contributed by atoms with van der Waals surface area (Å²) in [5.74, 6) is -0.0191. The average molecular weight is 426 g/mol. The molecule has 160 valence electrons. The van der Waals surface area contributed by atoms with Crippen LogP contribution in [-0.2, 0) is 7.05 Å². The first kappa shape index (κ1) is 20.4. The van der Waals surface area contributed by atoms with Crippen LogP contribution in [0.1, 0.15) is 36.6 Å². The summed E-state index contributed by atoms with van der Waals surface area (Å²) in [5, 5.41) is 2.09. The zero-order valence-corrected chi connectivity index (χ0v) is 19.0. The van der Waals surface area contributed by atoms with Crippen molar-refractivity contribution in [1.29, 1.82) is 0 Å². The van der Waals surface area contributed by atoms with Crippen LogP contribution in [0, 0.1) is 19.7 Å². The highest BCUT2D eigenvalue weighted by Gasteiger charge is 2.21. The molecule has 32 heavy (non-hydrogen) atoms. The molecule has 0 bridgehead atoms. The molecule has 0 spiro atoms. The van der Waals surface area contributed by atoms with Crippen LogP contribution in [0.3, 0.4) is 0 Å². The molecule has 3 heterocycles. The predicted molar refractivity (Wildman–Crippen MR) is 127 cm³/mol. The molecular weight excluding hydrogens is 399 g/mol. The second-order valence-electron chi connectivity index (χ2n) is 8.85. The molecule has 0 fully saturated rings. The molecule has 0 N–H and O–H groups in total. The maximum atomic E-state index is 14.2. The molecule has 5 aromatic rings. The minimum atomic E-state index is -0.152. The SMILES string of the molecule is Cc1ccc2c(n1)oc1c(-c3ccc(-c4ccc(F)c(C(C)C)c4)c[n+]3C)c(C)ccc12. The van der Waals surface area contributed by atoms with Crippen LogP contribution in [0.2, 0.25) is 0 Å². The number of aryl methyl sites for hydroxylation is 3. The number of benzene rings is 2. The first-order valence-electron chi connectivity index (χ1n) is 10.9. The molecular formula is C28H26FN2O+. The van der Waals surface area contributed by atoms with Crippen molar-refractivity contribution in [3.63, 3.8) is 0 Å². The summed E-state index contributed by atoms with van der Waals surface area (Å²) in [6.07, 6.45) is 2.09. The smallest absolute Gasteiger partial charge is 0.227 e. The van der Waals surface area contributed by atoms with Crippen molar-refractivity contribution in [2.24, 2.45) is 7.05 Å². The molecule has 4 heteroatoms. The molecule has 2 aromatic carbocycles. The van der Waals surface area contributed by atoms with Gasteiger partial charge >= 0.3 is 0 Å². The molecule has 3 aromatic heterocycles. The Bertz CT molecular complexity index is 1500. The van der Waals surface area contributed by atoms with Gasteiger partial charge in [-0.15, -0.1) is 0 Å². The molecule has 5 rings (SSSR count). The molecule has 3 nitrogen and oxygen atoms in total. The Morgan fingerprint density at radius 3 is 2.41 bits per heavy atom. The third kappa shape index (κ3) is 3.27. The molecule has 0 saturated carbocycles. The number of furan rings is 1. The second-order valence-corrected chi connectivity index (χ2v) is 8.85. The number of fused-ring (bicyclic) bond motifs is 3. The van der Waals surface area contributed by atoms with Gasteiger partial charge in [-0.3, -0.25) is 0 Å². The minimum Gasteiger partial charge on any atom is -0.437 e. The average Bonchev–Trinajstić information content (AvgIpc) is 3.11. The highest BCUT2D eigenvalue weighted by Crippen LogP contribution is 2.36. The second kappa shape index (κ2) is 7.56. The Morgan fingerprint density at radius 2 is 1.66 bits per heavy atom. The van der Waals surface area contributed by atoms with Crippen LogP contribution in [0.15, 0.2) is 65.2 Å². The molecule has 0 amide bonds. The summed E-state index contributed by atoms with van der Waals surface area (Å²) in [7, 11) is 2.04. The van der Waals surface area contributed by atoms with E-state index in [1.807, 2.05) is 46.0 Å². The highest BCUT2D eigenvalue weighted by molar-refractivity contribution is 6.08. The van der Waals surface area contributed by atoms with Crippen LogP contribution >= 0.6 is 0 Å². The van der Waals surface area contributed by atoms with Crippen molar-refractivity contribution in [2.75, 3.05) is 0 Å². The van der Waals surface area contributed by atoms with Gasteiger partial charge < -0.3 is 4.42 Å². The van der Waals surface area contributed by atoms with Crippen molar-refractivity contribution < 1.29 is 13.4 Å². The monoisotopic (exact) mass is 425 g/mol. The Balaban J connectivity index is 1.67. The van der Waals surface area contributed by atoms with Gasteiger partial charge in [0, 0.05) is 28.1 Å². The highest BCUT2D eigenvalue weighted by atomic mass is 19.1. The predicted octanol–water partition coefficient (Wildman–Crippen LogP) is 7.02. The van der Waals surface area contributed by atoms with E-state index in [2.05, 4.69) is 53.0 Å². The summed E-state index contributed by atoms with van der Waals surface area (Å²) in [4.78, 5) is 4.58. The Labute approximate surface area is 187 Å². The van der Waals surface area contributed by atoms with Gasteiger partial charge in [0.25, 0.3) is 0 Å². The van der Waals surface area contributed by atoms with Crippen molar-refractivity contribution in [3.05, 3.63) is 83.4 Å².